The van der Waals surface area contributed by atoms with Gasteiger partial charge in [0.1, 0.15) is 11.8 Å². The fourth-order valence-electron chi connectivity index (χ4n) is 1.65. The summed E-state index contributed by atoms with van der Waals surface area (Å²) in [6, 6.07) is 5.59. The molecule has 0 aliphatic heterocycles. The number of nitrogen functional groups attached to an aromatic ring is 1. The van der Waals surface area contributed by atoms with Gasteiger partial charge < -0.3 is 15.5 Å². The van der Waals surface area contributed by atoms with Crippen LogP contribution in [0.15, 0.2) is 30.9 Å². The van der Waals surface area contributed by atoms with E-state index in [2.05, 4.69) is 19.9 Å². The number of aryl methyl sites for hydroxylation is 1. The zero-order valence-electron chi connectivity index (χ0n) is 9.71. The summed E-state index contributed by atoms with van der Waals surface area (Å²) in [6.45, 7) is 1.97. The maximum atomic E-state index is 5.86. The molecular formula is C12H11N5O. The minimum atomic E-state index is 0.412. The molecule has 0 atom stereocenters. The van der Waals surface area contributed by atoms with Crippen molar-refractivity contribution in [3.63, 3.8) is 0 Å². The van der Waals surface area contributed by atoms with Crippen LogP contribution < -0.4 is 10.5 Å². The van der Waals surface area contributed by atoms with Crippen molar-refractivity contribution in [1.82, 2.24) is 19.9 Å². The average molecular weight is 241 g/mol. The Bertz CT molecular complexity index is 707. The van der Waals surface area contributed by atoms with Crippen molar-refractivity contribution in [3.05, 3.63) is 36.4 Å². The van der Waals surface area contributed by atoms with Crippen molar-refractivity contribution in [2.24, 2.45) is 0 Å². The number of hydrogen-bond acceptors (Lipinski definition) is 5. The Morgan fingerprint density at radius 1 is 1.22 bits per heavy atom. The molecule has 3 rings (SSSR count). The fourth-order valence-corrected chi connectivity index (χ4v) is 1.65. The first kappa shape index (κ1) is 10.5. The number of aromatic nitrogens is 4. The first-order chi connectivity index (χ1) is 8.74. The number of nitrogens with zero attached hydrogens (tertiary/aromatic N) is 3. The van der Waals surface area contributed by atoms with Gasteiger partial charge in [-0.3, -0.25) is 0 Å². The van der Waals surface area contributed by atoms with E-state index in [4.69, 9.17) is 10.5 Å². The van der Waals surface area contributed by atoms with Crippen molar-refractivity contribution >= 4 is 16.9 Å². The third-order valence-corrected chi connectivity index (χ3v) is 2.56. The molecular weight excluding hydrogens is 230 g/mol. The van der Waals surface area contributed by atoms with E-state index in [1.165, 1.54) is 6.33 Å². The van der Waals surface area contributed by atoms with Crippen LogP contribution in [0.1, 0.15) is 5.56 Å². The van der Waals surface area contributed by atoms with Gasteiger partial charge in [-0.15, -0.1) is 0 Å². The van der Waals surface area contributed by atoms with Crippen LogP contribution in [0, 0.1) is 6.92 Å². The topological polar surface area (TPSA) is 89.7 Å². The Kier molecular flexibility index (Phi) is 2.33. The van der Waals surface area contributed by atoms with Gasteiger partial charge in [-0.25, -0.2) is 9.97 Å². The number of hydrogen-bond donors (Lipinski definition) is 2. The lowest BCUT2D eigenvalue weighted by molar-refractivity contribution is 0.469. The second-order valence-electron chi connectivity index (χ2n) is 3.92. The zero-order chi connectivity index (χ0) is 12.5. The Morgan fingerprint density at radius 2 is 2.11 bits per heavy atom. The number of rotatable bonds is 2. The van der Waals surface area contributed by atoms with E-state index < -0.39 is 0 Å². The molecule has 6 nitrogen and oxygen atoms in total. The van der Waals surface area contributed by atoms with Crippen LogP contribution >= 0.6 is 0 Å². The molecule has 1 aromatic carbocycles. The van der Waals surface area contributed by atoms with E-state index in [1.54, 1.807) is 12.4 Å². The molecule has 0 fully saturated rings. The summed E-state index contributed by atoms with van der Waals surface area (Å²) in [5, 5.41) is 0. The van der Waals surface area contributed by atoms with Crippen LogP contribution in [-0.2, 0) is 0 Å². The largest absolute Gasteiger partial charge is 0.435 e. The molecule has 2 heterocycles. The molecule has 0 spiro atoms. The molecule has 0 amide bonds. The summed E-state index contributed by atoms with van der Waals surface area (Å²) in [7, 11) is 0. The Morgan fingerprint density at radius 3 is 3.00 bits per heavy atom. The van der Waals surface area contributed by atoms with Crippen molar-refractivity contribution in [3.8, 4) is 11.6 Å². The predicted molar refractivity (Wildman–Crippen MR) is 67.3 cm³/mol. The molecule has 90 valence electrons. The average Bonchev–Trinajstić information content (AvgIpc) is 2.83. The number of nitrogens with one attached hydrogen (secondary N) is 1. The van der Waals surface area contributed by atoms with Gasteiger partial charge in [0.2, 0.25) is 5.88 Å². The van der Waals surface area contributed by atoms with Crippen LogP contribution in [0.3, 0.4) is 0 Å². The molecule has 6 heteroatoms. The van der Waals surface area contributed by atoms with Gasteiger partial charge in [0.05, 0.1) is 12.0 Å². The summed E-state index contributed by atoms with van der Waals surface area (Å²) in [6.07, 6.45) is 2.95. The van der Waals surface area contributed by atoms with E-state index in [0.717, 1.165) is 5.56 Å². The van der Waals surface area contributed by atoms with Crippen LogP contribution in [0.4, 0.5) is 5.69 Å². The van der Waals surface area contributed by atoms with Gasteiger partial charge in [-0.1, -0.05) is 6.07 Å². The van der Waals surface area contributed by atoms with Gasteiger partial charge in [0.15, 0.2) is 11.4 Å². The predicted octanol–water partition coefficient (Wildman–Crippen LogP) is 2.04. The molecule has 0 aliphatic carbocycles. The van der Waals surface area contributed by atoms with Gasteiger partial charge >= 0.3 is 0 Å². The maximum absolute atomic E-state index is 5.86. The standard InChI is InChI=1S/C12H11N5O/c1-7-2-3-8(13)9(4-7)18-12-10-11(15-5-14-10)16-6-17-12/h2-6H,13H2,1H3,(H,14,15,16,17). The van der Waals surface area contributed by atoms with Crippen molar-refractivity contribution < 1.29 is 4.74 Å². The third-order valence-electron chi connectivity index (χ3n) is 2.56. The summed E-state index contributed by atoms with van der Waals surface area (Å²) in [5.74, 6) is 0.986. The molecule has 2 aromatic heterocycles. The molecule has 3 aromatic rings. The molecule has 0 aliphatic rings. The third kappa shape index (κ3) is 1.73. The molecule has 0 unspecified atom stereocenters. The van der Waals surface area contributed by atoms with Gasteiger partial charge in [-0.2, -0.15) is 4.98 Å². The van der Waals surface area contributed by atoms with Crippen LogP contribution in [0.2, 0.25) is 0 Å². The number of ether oxygens (including phenoxy) is 1. The van der Waals surface area contributed by atoms with Crippen LogP contribution in [0.25, 0.3) is 11.2 Å². The maximum Gasteiger partial charge on any atom is 0.248 e. The van der Waals surface area contributed by atoms with E-state index in [0.29, 0.717) is 28.5 Å². The summed E-state index contributed by atoms with van der Waals surface area (Å²) in [4.78, 5) is 15.1. The molecule has 0 radical (unpaired) electrons. The number of benzene rings is 1. The summed E-state index contributed by atoms with van der Waals surface area (Å²) < 4.78 is 5.71. The highest BCUT2D eigenvalue weighted by Crippen LogP contribution is 2.29. The number of H-pyrrole nitrogens is 1. The quantitative estimate of drug-likeness (QED) is 0.670. The zero-order valence-corrected chi connectivity index (χ0v) is 9.71. The smallest absolute Gasteiger partial charge is 0.248 e. The molecule has 3 N–H and O–H groups in total. The van der Waals surface area contributed by atoms with Gasteiger partial charge in [0, 0.05) is 0 Å². The van der Waals surface area contributed by atoms with E-state index in [-0.39, 0.29) is 0 Å². The highest BCUT2D eigenvalue weighted by atomic mass is 16.5. The number of imidazole rings is 1. The summed E-state index contributed by atoms with van der Waals surface area (Å²) in [5.41, 5.74) is 8.70. The second kappa shape index (κ2) is 3.99. The molecule has 18 heavy (non-hydrogen) atoms. The van der Waals surface area contributed by atoms with Crippen LogP contribution in [0.5, 0.6) is 11.6 Å². The second-order valence-corrected chi connectivity index (χ2v) is 3.92. The number of anilines is 1. The number of nitrogens with two attached hydrogens (primary N) is 1. The van der Waals surface area contributed by atoms with E-state index in [9.17, 15) is 0 Å². The number of fused-ring (bicyclic) bond motifs is 1. The molecule has 0 bridgehead atoms. The first-order valence-electron chi connectivity index (χ1n) is 5.42. The molecule has 0 saturated heterocycles. The van der Waals surface area contributed by atoms with Crippen LogP contribution in [-0.4, -0.2) is 19.9 Å². The Balaban J connectivity index is 2.06. The highest BCUT2D eigenvalue weighted by Gasteiger charge is 2.09. The Labute approximate surface area is 103 Å². The monoisotopic (exact) mass is 241 g/mol. The minimum absolute atomic E-state index is 0.412. The molecule has 0 saturated carbocycles. The highest BCUT2D eigenvalue weighted by molar-refractivity contribution is 5.75. The van der Waals surface area contributed by atoms with E-state index in [1.807, 2.05) is 19.1 Å². The van der Waals surface area contributed by atoms with Crippen molar-refractivity contribution in [2.45, 2.75) is 6.92 Å². The van der Waals surface area contributed by atoms with Crippen molar-refractivity contribution in [2.75, 3.05) is 5.73 Å². The normalized spacial score (nSPS) is 10.7. The van der Waals surface area contributed by atoms with Gasteiger partial charge in [-0.05, 0) is 24.6 Å². The van der Waals surface area contributed by atoms with Gasteiger partial charge in [0.25, 0.3) is 0 Å². The SMILES string of the molecule is Cc1ccc(N)c(Oc2ncnc3nc[nH]c23)c1. The fraction of sp³-hybridized carbons (Fsp3) is 0.0833. The number of aromatic amines is 1. The lowest BCUT2D eigenvalue weighted by atomic mass is 10.2. The van der Waals surface area contributed by atoms with E-state index >= 15 is 0 Å². The first-order valence-corrected chi connectivity index (χ1v) is 5.42. The lowest BCUT2D eigenvalue weighted by Gasteiger charge is -2.08. The Hall–Kier alpha value is -2.63. The summed E-state index contributed by atoms with van der Waals surface area (Å²) >= 11 is 0. The lowest BCUT2D eigenvalue weighted by Crippen LogP contribution is -1.95. The minimum Gasteiger partial charge on any atom is -0.435 e. The van der Waals surface area contributed by atoms with Crippen molar-refractivity contribution in [1.29, 1.82) is 0 Å².